The van der Waals surface area contributed by atoms with Gasteiger partial charge in [-0.15, -0.1) is 0 Å². The van der Waals surface area contributed by atoms with Crippen LogP contribution in [0.15, 0.2) is 30.3 Å². The highest BCUT2D eigenvalue weighted by atomic mass is 16.4. The Bertz CT molecular complexity index is 437. The molecule has 0 unspecified atom stereocenters. The summed E-state index contributed by atoms with van der Waals surface area (Å²) in [4.78, 5) is 22.8. The minimum atomic E-state index is -1.06. The van der Waals surface area contributed by atoms with Gasteiger partial charge in [-0.3, -0.25) is 0 Å². The van der Waals surface area contributed by atoms with Gasteiger partial charge in [-0.25, -0.2) is 9.59 Å². The lowest BCUT2D eigenvalue weighted by atomic mass is 10.1. The molecular formula is C15H22N2O4. The van der Waals surface area contributed by atoms with E-state index in [-0.39, 0.29) is 13.0 Å². The van der Waals surface area contributed by atoms with Crippen LogP contribution in [0.25, 0.3) is 0 Å². The molecule has 0 saturated carbocycles. The van der Waals surface area contributed by atoms with Gasteiger partial charge in [0.25, 0.3) is 0 Å². The summed E-state index contributed by atoms with van der Waals surface area (Å²) >= 11 is 0. The van der Waals surface area contributed by atoms with Crippen molar-refractivity contribution in [1.29, 1.82) is 0 Å². The third-order valence-electron chi connectivity index (χ3n) is 3.01. The summed E-state index contributed by atoms with van der Waals surface area (Å²) in [5.74, 6) is -1.06. The summed E-state index contributed by atoms with van der Waals surface area (Å²) in [5, 5.41) is 22.9. The fourth-order valence-corrected chi connectivity index (χ4v) is 1.87. The summed E-state index contributed by atoms with van der Waals surface area (Å²) in [7, 11) is 0. The molecule has 0 radical (unpaired) electrons. The maximum Gasteiger partial charge on any atom is 0.326 e. The van der Waals surface area contributed by atoms with E-state index in [0.717, 1.165) is 18.4 Å². The first kappa shape index (κ1) is 17.0. The van der Waals surface area contributed by atoms with Crippen molar-refractivity contribution < 1.29 is 19.8 Å². The predicted octanol–water partition coefficient (Wildman–Crippen LogP) is 1.14. The Morgan fingerprint density at radius 2 is 1.81 bits per heavy atom. The van der Waals surface area contributed by atoms with Crippen LogP contribution in [-0.2, 0) is 11.2 Å². The van der Waals surface area contributed by atoms with Crippen molar-refractivity contribution >= 4 is 12.0 Å². The highest BCUT2D eigenvalue weighted by Crippen LogP contribution is 2.03. The van der Waals surface area contributed by atoms with E-state index >= 15 is 0 Å². The molecule has 116 valence electrons. The van der Waals surface area contributed by atoms with Crippen molar-refractivity contribution in [2.75, 3.05) is 13.2 Å². The first-order chi connectivity index (χ1) is 10.1. The molecule has 1 rings (SSSR count). The Morgan fingerprint density at radius 1 is 1.10 bits per heavy atom. The van der Waals surface area contributed by atoms with Crippen LogP contribution in [0.3, 0.4) is 0 Å². The van der Waals surface area contributed by atoms with Gasteiger partial charge in [0, 0.05) is 19.6 Å². The van der Waals surface area contributed by atoms with Crippen LogP contribution in [0.5, 0.6) is 0 Å². The lowest BCUT2D eigenvalue weighted by molar-refractivity contribution is -0.139. The molecule has 1 aromatic carbocycles. The Morgan fingerprint density at radius 3 is 2.43 bits per heavy atom. The zero-order valence-electron chi connectivity index (χ0n) is 11.9. The zero-order chi connectivity index (χ0) is 15.5. The second-order valence-electron chi connectivity index (χ2n) is 4.77. The molecule has 6 heteroatoms. The van der Waals surface area contributed by atoms with E-state index < -0.39 is 18.0 Å². The number of aliphatic hydroxyl groups is 1. The van der Waals surface area contributed by atoms with Gasteiger partial charge in [0.15, 0.2) is 0 Å². The molecular weight excluding hydrogens is 272 g/mol. The maximum atomic E-state index is 11.6. The molecule has 0 aliphatic rings. The number of hydrogen-bond acceptors (Lipinski definition) is 3. The number of rotatable bonds is 9. The van der Waals surface area contributed by atoms with E-state index in [0.29, 0.717) is 13.0 Å². The fraction of sp³-hybridized carbons (Fsp3) is 0.467. The summed E-state index contributed by atoms with van der Waals surface area (Å²) in [6, 6.07) is 7.72. The maximum absolute atomic E-state index is 11.6. The number of unbranched alkanes of at least 4 members (excludes halogenated alkanes) is 2. The average Bonchev–Trinajstić information content (AvgIpc) is 2.47. The van der Waals surface area contributed by atoms with Gasteiger partial charge >= 0.3 is 12.0 Å². The second-order valence-corrected chi connectivity index (χ2v) is 4.77. The molecule has 0 fully saturated rings. The Labute approximate surface area is 124 Å². The molecule has 6 nitrogen and oxygen atoms in total. The molecule has 21 heavy (non-hydrogen) atoms. The minimum Gasteiger partial charge on any atom is -0.480 e. The number of benzene rings is 1. The zero-order valence-corrected chi connectivity index (χ0v) is 11.9. The molecule has 0 saturated heterocycles. The van der Waals surface area contributed by atoms with Gasteiger partial charge in [0.05, 0.1) is 0 Å². The number of aliphatic hydroxyl groups excluding tert-OH is 1. The van der Waals surface area contributed by atoms with Gasteiger partial charge in [-0.05, 0) is 24.8 Å². The van der Waals surface area contributed by atoms with Crippen LogP contribution in [0.4, 0.5) is 4.79 Å². The first-order valence-corrected chi connectivity index (χ1v) is 7.05. The predicted molar refractivity (Wildman–Crippen MR) is 79.0 cm³/mol. The Kier molecular flexibility index (Phi) is 7.89. The molecule has 0 spiro atoms. The van der Waals surface area contributed by atoms with Crippen LogP contribution in [0, 0.1) is 0 Å². The molecule has 0 bridgehead atoms. The number of aliphatic carboxylic acids is 1. The molecule has 0 aliphatic heterocycles. The lowest BCUT2D eigenvalue weighted by Crippen LogP contribution is -2.47. The normalized spacial score (nSPS) is 11.7. The largest absolute Gasteiger partial charge is 0.480 e. The third-order valence-corrected chi connectivity index (χ3v) is 3.01. The molecule has 0 heterocycles. The molecule has 0 aliphatic carbocycles. The van der Waals surface area contributed by atoms with Crippen LogP contribution in [-0.4, -0.2) is 41.4 Å². The van der Waals surface area contributed by atoms with Crippen molar-refractivity contribution in [3.8, 4) is 0 Å². The molecule has 4 N–H and O–H groups in total. The summed E-state index contributed by atoms with van der Waals surface area (Å²) in [5.41, 5.74) is 0.855. The standard InChI is InChI=1S/C15H22N2O4/c18-10-6-2-5-9-16-15(21)17-13(14(19)20)11-12-7-3-1-4-8-12/h1,3-4,7-8,13,18H,2,5-6,9-11H2,(H,19,20)(H2,16,17,21)/t13-/m0/s1. The van der Waals surface area contributed by atoms with E-state index in [1.165, 1.54) is 0 Å². The van der Waals surface area contributed by atoms with Crippen molar-refractivity contribution in [3.63, 3.8) is 0 Å². The Hall–Kier alpha value is -2.08. The van der Waals surface area contributed by atoms with Crippen LogP contribution in [0.2, 0.25) is 0 Å². The quantitative estimate of drug-likeness (QED) is 0.513. The van der Waals surface area contributed by atoms with Crippen molar-refractivity contribution in [1.82, 2.24) is 10.6 Å². The monoisotopic (exact) mass is 294 g/mol. The van der Waals surface area contributed by atoms with Crippen LogP contribution < -0.4 is 10.6 Å². The fourth-order valence-electron chi connectivity index (χ4n) is 1.87. The molecule has 1 aromatic rings. The average molecular weight is 294 g/mol. The highest BCUT2D eigenvalue weighted by molar-refractivity contribution is 5.82. The highest BCUT2D eigenvalue weighted by Gasteiger charge is 2.19. The van der Waals surface area contributed by atoms with Crippen molar-refractivity contribution in [2.45, 2.75) is 31.7 Å². The van der Waals surface area contributed by atoms with Gasteiger partial charge in [-0.1, -0.05) is 30.3 Å². The Balaban J connectivity index is 2.36. The number of urea groups is 1. The minimum absolute atomic E-state index is 0.143. The summed E-state index contributed by atoms with van der Waals surface area (Å²) < 4.78 is 0. The van der Waals surface area contributed by atoms with E-state index in [1.807, 2.05) is 30.3 Å². The van der Waals surface area contributed by atoms with E-state index in [9.17, 15) is 9.59 Å². The summed E-state index contributed by atoms with van der Waals surface area (Å²) in [6.45, 7) is 0.605. The number of carbonyl (C=O) groups excluding carboxylic acids is 1. The van der Waals surface area contributed by atoms with E-state index in [4.69, 9.17) is 10.2 Å². The lowest BCUT2D eigenvalue weighted by Gasteiger charge is -2.15. The topological polar surface area (TPSA) is 98.7 Å². The number of carbonyl (C=O) groups is 2. The van der Waals surface area contributed by atoms with Crippen molar-refractivity contribution in [2.24, 2.45) is 0 Å². The third kappa shape index (κ3) is 7.31. The number of hydrogen-bond donors (Lipinski definition) is 4. The number of amides is 2. The number of carboxylic acids is 1. The molecule has 0 aromatic heterocycles. The SMILES string of the molecule is O=C(NCCCCCO)N[C@@H](Cc1ccccc1)C(=O)O. The first-order valence-electron chi connectivity index (χ1n) is 7.05. The van der Waals surface area contributed by atoms with Crippen LogP contribution in [0.1, 0.15) is 24.8 Å². The van der Waals surface area contributed by atoms with E-state index in [1.54, 1.807) is 0 Å². The smallest absolute Gasteiger partial charge is 0.326 e. The molecule has 1 atom stereocenters. The summed E-state index contributed by atoms with van der Waals surface area (Å²) in [6.07, 6.45) is 2.52. The van der Waals surface area contributed by atoms with Gasteiger partial charge in [0.1, 0.15) is 6.04 Å². The van der Waals surface area contributed by atoms with E-state index in [2.05, 4.69) is 10.6 Å². The molecule has 2 amide bonds. The number of carboxylic acid groups (broad SMARTS) is 1. The second kappa shape index (κ2) is 9.77. The van der Waals surface area contributed by atoms with Crippen LogP contribution >= 0.6 is 0 Å². The van der Waals surface area contributed by atoms with Gasteiger partial charge < -0.3 is 20.8 Å². The van der Waals surface area contributed by atoms with Gasteiger partial charge in [0.2, 0.25) is 0 Å². The van der Waals surface area contributed by atoms with Crippen molar-refractivity contribution in [3.05, 3.63) is 35.9 Å². The number of nitrogens with one attached hydrogen (secondary N) is 2. The van der Waals surface area contributed by atoms with Gasteiger partial charge in [-0.2, -0.15) is 0 Å².